The van der Waals surface area contributed by atoms with Crippen LogP contribution in [-0.4, -0.2) is 70.4 Å². The van der Waals surface area contributed by atoms with Gasteiger partial charge in [-0.3, -0.25) is 19.3 Å². The van der Waals surface area contributed by atoms with Crippen molar-refractivity contribution in [1.82, 2.24) is 14.4 Å². The predicted molar refractivity (Wildman–Crippen MR) is 115 cm³/mol. The number of fused-ring (bicyclic) bond motifs is 4. The number of likely N-dealkylation sites (tertiary alicyclic amines) is 2. The van der Waals surface area contributed by atoms with Crippen molar-refractivity contribution in [1.29, 1.82) is 0 Å². The SMILES string of the molecule is CSCC(=O)Nc1ccc2n(c1=O)C[C@@H]1C[C@@H]2CN(C2CCN(C(C)=O)CC2)C1. The number of nitrogens with zero attached hydrogens (tertiary/aromatic N) is 3. The van der Waals surface area contributed by atoms with Crippen LogP contribution >= 0.6 is 11.8 Å². The number of pyridine rings is 1. The van der Waals surface area contributed by atoms with Crippen LogP contribution in [0, 0.1) is 5.92 Å². The molecule has 0 aliphatic carbocycles. The van der Waals surface area contributed by atoms with Crippen LogP contribution in [0.1, 0.15) is 37.8 Å². The molecule has 2 saturated heterocycles. The molecule has 0 radical (unpaired) electrons. The summed E-state index contributed by atoms with van der Waals surface area (Å²) in [6.45, 7) is 6.05. The van der Waals surface area contributed by atoms with Crippen molar-refractivity contribution < 1.29 is 9.59 Å². The van der Waals surface area contributed by atoms with Crippen molar-refractivity contribution in [2.24, 2.45) is 5.92 Å². The van der Waals surface area contributed by atoms with Crippen LogP contribution in [0.5, 0.6) is 0 Å². The quantitative estimate of drug-likeness (QED) is 0.804. The Morgan fingerprint density at radius 1 is 1.17 bits per heavy atom. The summed E-state index contributed by atoms with van der Waals surface area (Å²) in [5.74, 6) is 1.21. The fraction of sp³-hybridized carbons (Fsp3) is 0.667. The summed E-state index contributed by atoms with van der Waals surface area (Å²) in [6.07, 6.45) is 5.06. The standard InChI is InChI=1S/C21H30N4O3S/c1-14(26)23-7-5-17(6-8-23)24-10-15-9-16(12-24)19-4-3-18(21(28)25(19)11-15)22-20(27)13-29-2/h3-4,15-17H,5-13H2,1-2H3,(H,22,27)/t15-,16-/m1/s1. The Bertz CT molecular complexity index is 847. The average molecular weight is 419 g/mol. The van der Waals surface area contributed by atoms with Crippen LogP contribution in [0.3, 0.4) is 0 Å². The molecular weight excluding hydrogens is 388 g/mol. The zero-order valence-electron chi connectivity index (χ0n) is 17.2. The number of carbonyl (C=O) groups is 2. The minimum Gasteiger partial charge on any atom is -0.343 e. The molecule has 8 heteroatoms. The summed E-state index contributed by atoms with van der Waals surface area (Å²) in [5, 5.41) is 2.76. The first-order valence-electron chi connectivity index (χ1n) is 10.5. The normalized spacial score (nSPS) is 24.8. The molecule has 7 nitrogen and oxygen atoms in total. The van der Waals surface area contributed by atoms with Crippen molar-refractivity contribution in [3.8, 4) is 0 Å². The number of piperidine rings is 2. The molecule has 2 amide bonds. The zero-order chi connectivity index (χ0) is 20.5. The van der Waals surface area contributed by atoms with Crippen LogP contribution in [0.15, 0.2) is 16.9 Å². The second-order valence-electron chi connectivity index (χ2n) is 8.56. The number of carbonyl (C=O) groups excluding carboxylic acids is 2. The van der Waals surface area contributed by atoms with E-state index in [0.29, 0.717) is 29.3 Å². The largest absolute Gasteiger partial charge is 0.343 e. The maximum atomic E-state index is 13.0. The number of anilines is 1. The molecule has 1 aromatic heterocycles. The summed E-state index contributed by atoms with van der Waals surface area (Å²) < 4.78 is 1.89. The third kappa shape index (κ3) is 4.23. The second-order valence-corrected chi connectivity index (χ2v) is 9.42. The lowest BCUT2D eigenvalue weighted by Gasteiger charge is -2.47. The Morgan fingerprint density at radius 3 is 2.62 bits per heavy atom. The van der Waals surface area contributed by atoms with E-state index in [1.807, 2.05) is 21.8 Å². The van der Waals surface area contributed by atoms with Gasteiger partial charge in [0.15, 0.2) is 0 Å². The number of amides is 2. The van der Waals surface area contributed by atoms with Crippen molar-refractivity contribution >= 4 is 29.3 Å². The van der Waals surface area contributed by atoms with Crippen LogP contribution in [0.4, 0.5) is 5.69 Å². The molecule has 0 saturated carbocycles. The van der Waals surface area contributed by atoms with Crippen LogP contribution in [-0.2, 0) is 16.1 Å². The lowest BCUT2D eigenvalue weighted by atomic mass is 9.82. The molecule has 2 atom stereocenters. The fourth-order valence-electron chi connectivity index (χ4n) is 5.24. The van der Waals surface area contributed by atoms with Gasteiger partial charge in [-0.2, -0.15) is 11.8 Å². The van der Waals surface area contributed by atoms with E-state index in [0.717, 1.165) is 57.7 Å². The first-order chi connectivity index (χ1) is 14.0. The van der Waals surface area contributed by atoms with Crippen LogP contribution in [0.25, 0.3) is 0 Å². The Balaban J connectivity index is 1.47. The fourth-order valence-corrected chi connectivity index (χ4v) is 5.57. The van der Waals surface area contributed by atoms with E-state index in [-0.39, 0.29) is 17.4 Å². The number of rotatable bonds is 4. The Kier molecular flexibility index (Phi) is 6.01. The smallest absolute Gasteiger partial charge is 0.274 e. The van der Waals surface area contributed by atoms with E-state index < -0.39 is 0 Å². The molecule has 2 fully saturated rings. The highest BCUT2D eigenvalue weighted by Crippen LogP contribution is 2.37. The molecule has 0 spiro atoms. The summed E-state index contributed by atoms with van der Waals surface area (Å²) in [4.78, 5) is 41.0. The third-order valence-electron chi connectivity index (χ3n) is 6.61. The number of hydrogen-bond donors (Lipinski definition) is 1. The van der Waals surface area contributed by atoms with Crippen molar-refractivity contribution in [2.75, 3.05) is 43.5 Å². The van der Waals surface area contributed by atoms with E-state index in [9.17, 15) is 14.4 Å². The highest BCUT2D eigenvalue weighted by atomic mass is 32.2. The summed E-state index contributed by atoms with van der Waals surface area (Å²) in [6, 6.07) is 4.33. The van der Waals surface area contributed by atoms with E-state index in [4.69, 9.17) is 0 Å². The van der Waals surface area contributed by atoms with Gasteiger partial charge in [0.25, 0.3) is 5.56 Å². The zero-order valence-corrected chi connectivity index (χ0v) is 18.0. The number of hydrogen-bond acceptors (Lipinski definition) is 5. The van der Waals surface area contributed by atoms with E-state index in [2.05, 4.69) is 10.2 Å². The predicted octanol–water partition coefficient (Wildman–Crippen LogP) is 1.58. The molecule has 4 rings (SSSR count). The minimum absolute atomic E-state index is 0.0742. The highest BCUT2D eigenvalue weighted by Gasteiger charge is 2.38. The lowest BCUT2D eigenvalue weighted by Crippen LogP contribution is -2.53. The molecule has 1 N–H and O–H groups in total. The summed E-state index contributed by atoms with van der Waals surface area (Å²) in [7, 11) is 0. The van der Waals surface area contributed by atoms with Crippen molar-refractivity contribution in [3.63, 3.8) is 0 Å². The number of aromatic nitrogens is 1. The Morgan fingerprint density at radius 2 is 1.93 bits per heavy atom. The van der Waals surface area contributed by atoms with Gasteiger partial charge < -0.3 is 14.8 Å². The van der Waals surface area contributed by atoms with Gasteiger partial charge >= 0.3 is 0 Å². The molecule has 3 aliphatic rings. The third-order valence-corrected chi connectivity index (χ3v) is 7.16. The first kappa shape index (κ1) is 20.5. The molecule has 0 unspecified atom stereocenters. The number of thioether (sulfide) groups is 1. The second kappa shape index (κ2) is 8.52. The van der Waals surface area contributed by atoms with Gasteiger partial charge in [0.2, 0.25) is 11.8 Å². The van der Waals surface area contributed by atoms with Gasteiger partial charge in [-0.05, 0) is 43.6 Å². The van der Waals surface area contributed by atoms with Gasteiger partial charge in [0.1, 0.15) is 5.69 Å². The Hall–Kier alpha value is -1.80. The van der Waals surface area contributed by atoms with Gasteiger partial charge in [-0.25, -0.2) is 0 Å². The van der Waals surface area contributed by atoms with Gasteiger partial charge in [0.05, 0.1) is 5.75 Å². The minimum atomic E-state index is -0.130. The van der Waals surface area contributed by atoms with Crippen LogP contribution in [0.2, 0.25) is 0 Å². The van der Waals surface area contributed by atoms with Gasteiger partial charge in [0, 0.05) is 57.3 Å². The molecule has 2 bridgehead atoms. The highest BCUT2D eigenvalue weighted by molar-refractivity contribution is 7.99. The summed E-state index contributed by atoms with van der Waals surface area (Å²) >= 11 is 1.44. The molecular formula is C21H30N4O3S. The van der Waals surface area contributed by atoms with E-state index >= 15 is 0 Å². The maximum absolute atomic E-state index is 13.0. The molecule has 1 aromatic rings. The Labute approximate surface area is 175 Å². The van der Waals surface area contributed by atoms with Gasteiger partial charge in [-0.15, -0.1) is 0 Å². The molecule has 3 aliphatic heterocycles. The van der Waals surface area contributed by atoms with Crippen molar-refractivity contribution in [3.05, 3.63) is 28.2 Å². The monoisotopic (exact) mass is 418 g/mol. The van der Waals surface area contributed by atoms with Crippen molar-refractivity contribution in [2.45, 2.75) is 44.7 Å². The topological polar surface area (TPSA) is 74.7 Å². The van der Waals surface area contributed by atoms with Crippen LogP contribution < -0.4 is 10.9 Å². The molecule has 29 heavy (non-hydrogen) atoms. The number of nitrogens with one attached hydrogen (secondary N) is 1. The molecule has 0 aromatic carbocycles. The average Bonchev–Trinajstić information content (AvgIpc) is 2.70. The first-order valence-corrected chi connectivity index (χ1v) is 11.9. The maximum Gasteiger partial charge on any atom is 0.274 e. The van der Waals surface area contributed by atoms with E-state index in [1.54, 1.807) is 13.0 Å². The van der Waals surface area contributed by atoms with Gasteiger partial charge in [-0.1, -0.05) is 0 Å². The molecule has 4 heterocycles. The summed E-state index contributed by atoms with van der Waals surface area (Å²) in [5.41, 5.74) is 1.41. The van der Waals surface area contributed by atoms with E-state index in [1.165, 1.54) is 11.8 Å². The molecule has 158 valence electrons. The lowest BCUT2D eigenvalue weighted by molar-refractivity contribution is -0.130.